The molecule has 2 aromatic rings. The highest BCUT2D eigenvalue weighted by molar-refractivity contribution is 7.10. The quantitative estimate of drug-likeness (QED) is 0.793. The maximum atomic E-state index is 11.7. The number of aromatic nitrogens is 2. The van der Waals surface area contributed by atoms with E-state index in [9.17, 15) is 9.59 Å². The number of rotatable bonds is 4. The van der Waals surface area contributed by atoms with Gasteiger partial charge in [0.1, 0.15) is 16.3 Å². The van der Waals surface area contributed by atoms with Crippen molar-refractivity contribution in [3.8, 4) is 5.75 Å². The largest absolute Gasteiger partial charge is 0.496 e. The molecule has 0 aliphatic carbocycles. The number of anilines is 2. The molecule has 0 radical (unpaired) electrons. The highest BCUT2D eigenvalue weighted by Crippen LogP contribution is 2.23. The van der Waals surface area contributed by atoms with E-state index < -0.39 is 12.0 Å². The number of aromatic carboxylic acids is 1. The first-order valence-corrected chi connectivity index (χ1v) is 6.14. The van der Waals surface area contributed by atoms with Crippen molar-refractivity contribution in [2.75, 3.05) is 17.7 Å². The van der Waals surface area contributed by atoms with Gasteiger partial charge in [0.15, 0.2) is 0 Å². The van der Waals surface area contributed by atoms with Gasteiger partial charge in [-0.05, 0) is 12.1 Å². The Morgan fingerprint density at radius 1 is 1.35 bits per heavy atom. The third-order valence-corrected chi connectivity index (χ3v) is 2.87. The van der Waals surface area contributed by atoms with Gasteiger partial charge in [0, 0.05) is 23.3 Å². The van der Waals surface area contributed by atoms with Crippen molar-refractivity contribution in [1.29, 1.82) is 0 Å². The van der Waals surface area contributed by atoms with Crippen LogP contribution in [0.1, 0.15) is 10.4 Å². The maximum absolute atomic E-state index is 11.7. The molecule has 0 aliphatic rings. The molecule has 2 amide bonds. The van der Waals surface area contributed by atoms with Crippen LogP contribution in [0.2, 0.25) is 0 Å². The lowest BCUT2D eigenvalue weighted by Gasteiger charge is -2.09. The van der Waals surface area contributed by atoms with Crippen LogP contribution in [-0.4, -0.2) is 33.8 Å². The van der Waals surface area contributed by atoms with E-state index in [1.807, 2.05) is 0 Å². The van der Waals surface area contributed by atoms with Crippen molar-refractivity contribution in [3.63, 3.8) is 0 Å². The Morgan fingerprint density at radius 3 is 2.75 bits per heavy atom. The average Bonchev–Trinajstić information content (AvgIpc) is 2.90. The number of ether oxygens (including phenoxy) is 1. The van der Waals surface area contributed by atoms with E-state index in [0.29, 0.717) is 10.7 Å². The number of benzene rings is 1. The zero-order valence-electron chi connectivity index (χ0n) is 10.3. The minimum Gasteiger partial charge on any atom is -0.496 e. The molecule has 8 nitrogen and oxygen atoms in total. The molecule has 0 saturated heterocycles. The SMILES string of the molecule is COc1cc(NC(=O)Nc2cnns2)ccc1C(=O)O. The summed E-state index contributed by atoms with van der Waals surface area (Å²) in [6.45, 7) is 0. The summed E-state index contributed by atoms with van der Waals surface area (Å²) in [5, 5.41) is 18.1. The molecule has 0 saturated carbocycles. The lowest BCUT2D eigenvalue weighted by atomic mass is 10.2. The molecule has 2 rings (SSSR count). The third-order valence-electron chi connectivity index (χ3n) is 2.29. The van der Waals surface area contributed by atoms with Crippen molar-refractivity contribution in [3.05, 3.63) is 30.0 Å². The summed E-state index contributed by atoms with van der Waals surface area (Å²) >= 11 is 1.04. The zero-order chi connectivity index (χ0) is 14.5. The highest BCUT2D eigenvalue weighted by Gasteiger charge is 2.12. The fourth-order valence-electron chi connectivity index (χ4n) is 1.44. The van der Waals surface area contributed by atoms with Crippen molar-refractivity contribution in [1.82, 2.24) is 9.59 Å². The van der Waals surface area contributed by atoms with Gasteiger partial charge in [-0.2, -0.15) is 0 Å². The van der Waals surface area contributed by atoms with E-state index in [4.69, 9.17) is 9.84 Å². The van der Waals surface area contributed by atoms with E-state index in [0.717, 1.165) is 11.5 Å². The summed E-state index contributed by atoms with van der Waals surface area (Å²) in [7, 11) is 1.36. The Balaban J connectivity index is 2.09. The second-order valence-corrected chi connectivity index (χ2v) is 4.37. The van der Waals surface area contributed by atoms with Gasteiger partial charge in [0.25, 0.3) is 0 Å². The monoisotopic (exact) mass is 294 g/mol. The molecule has 1 aromatic heterocycles. The Bertz CT molecular complexity index is 629. The molecular formula is C11H10N4O4S. The fraction of sp³-hybridized carbons (Fsp3) is 0.0909. The predicted molar refractivity (Wildman–Crippen MR) is 72.5 cm³/mol. The van der Waals surface area contributed by atoms with Gasteiger partial charge >= 0.3 is 12.0 Å². The number of urea groups is 1. The lowest BCUT2D eigenvalue weighted by molar-refractivity contribution is 0.0693. The Kier molecular flexibility index (Phi) is 4.11. The van der Waals surface area contributed by atoms with Gasteiger partial charge in [0.2, 0.25) is 0 Å². The smallest absolute Gasteiger partial charge is 0.339 e. The van der Waals surface area contributed by atoms with Crippen molar-refractivity contribution in [2.45, 2.75) is 0 Å². The maximum Gasteiger partial charge on any atom is 0.339 e. The van der Waals surface area contributed by atoms with E-state index in [-0.39, 0.29) is 11.3 Å². The average molecular weight is 294 g/mol. The normalized spacial score (nSPS) is 9.85. The molecule has 0 fully saturated rings. The number of amides is 2. The molecule has 1 heterocycles. The summed E-state index contributed by atoms with van der Waals surface area (Å²) < 4.78 is 8.57. The Morgan fingerprint density at radius 2 is 2.15 bits per heavy atom. The van der Waals surface area contributed by atoms with Crippen LogP contribution in [0, 0.1) is 0 Å². The number of carboxylic acids is 1. The molecule has 0 bridgehead atoms. The molecule has 0 spiro atoms. The molecule has 20 heavy (non-hydrogen) atoms. The predicted octanol–water partition coefficient (Wildman–Crippen LogP) is 1.89. The molecule has 104 valence electrons. The second kappa shape index (κ2) is 5.97. The number of carbonyl (C=O) groups is 2. The minimum atomic E-state index is -1.10. The number of hydrogen-bond acceptors (Lipinski definition) is 6. The summed E-state index contributed by atoms with van der Waals surface area (Å²) in [6, 6.07) is 3.76. The van der Waals surface area contributed by atoms with Crippen molar-refractivity contribution in [2.24, 2.45) is 0 Å². The fourth-order valence-corrected chi connectivity index (χ4v) is 1.86. The summed E-state index contributed by atoms with van der Waals surface area (Å²) in [5.41, 5.74) is 0.423. The molecular weight excluding hydrogens is 284 g/mol. The number of carboxylic acid groups (broad SMARTS) is 1. The van der Waals surface area contributed by atoms with E-state index in [1.54, 1.807) is 0 Å². The zero-order valence-corrected chi connectivity index (χ0v) is 11.1. The van der Waals surface area contributed by atoms with Crippen LogP contribution in [0.15, 0.2) is 24.4 Å². The summed E-state index contributed by atoms with van der Waals surface area (Å²) in [5.74, 6) is -0.941. The summed E-state index contributed by atoms with van der Waals surface area (Å²) in [4.78, 5) is 22.6. The number of hydrogen-bond donors (Lipinski definition) is 3. The molecule has 1 aromatic carbocycles. The first-order valence-electron chi connectivity index (χ1n) is 5.37. The second-order valence-electron chi connectivity index (χ2n) is 3.58. The van der Waals surface area contributed by atoms with Gasteiger partial charge in [-0.25, -0.2) is 9.59 Å². The van der Waals surface area contributed by atoms with Gasteiger partial charge in [0.05, 0.1) is 13.3 Å². The number of methoxy groups -OCH3 is 1. The van der Waals surface area contributed by atoms with Crippen LogP contribution in [0.5, 0.6) is 5.75 Å². The standard InChI is InChI=1S/C11H10N4O4S/c1-19-8-4-6(2-3-7(8)10(16)17)13-11(18)14-9-5-12-15-20-9/h2-5H,1H3,(H,16,17)(H2,13,14,18). The number of nitrogens with zero attached hydrogens (tertiary/aromatic N) is 2. The summed E-state index contributed by atoms with van der Waals surface area (Å²) in [6.07, 6.45) is 1.42. The Hall–Kier alpha value is -2.68. The number of nitrogens with one attached hydrogen (secondary N) is 2. The van der Waals surface area contributed by atoms with E-state index in [1.165, 1.54) is 31.5 Å². The highest BCUT2D eigenvalue weighted by atomic mass is 32.1. The third kappa shape index (κ3) is 3.20. The van der Waals surface area contributed by atoms with Gasteiger partial charge < -0.3 is 15.2 Å². The first kappa shape index (κ1) is 13.7. The molecule has 3 N–H and O–H groups in total. The first-order chi connectivity index (χ1) is 9.60. The van der Waals surface area contributed by atoms with Crippen LogP contribution >= 0.6 is 11.5 Å². The lowest BCUT2D eigenvalue weighted by Crippen LogP contribution is -2.18. The molecule has 0 atom stereocenters. The minimum absolute atomic E-state index is 0.0186. The topological polar surface area (TPSA) is 113 Å². The van der Waals surface area contributed by atoms with Crippen LogP contribution in [0.25, 0.3) is 0 Å². The van der Waals surface area contributed by atoms with Crippen LogP contribution in [-0.2, 0) is 0 Å². The van der Waals surface area contributed by atoms with Crippen LogP contribution in [0.3, 0.4) is 0 Å². The molecule has 9 heteroatoms. The molecule has 0 unspecified atom stereocenters. The Labute approximate surface area is 117 Å². The molecule has 0 aliphatic heterocycles. The van der Waals surface area contributed by atoms with Crippen molar-refractivity contribution < 1.29 is 19.4 Å². The van der Waals surface area contributed by atoms with E-state index >= 15 is 0 Å². The van der Waals surface area contributed by atoms with Crippen molar-refractivity contribution >= 4 is 34.2 Å². The van der Waals surface area contributed by atoms with Crippen LogP contribution in [0.4, 0.5) is 15.5 Å². The number of carbonyl (C=O) groups excluding carboxylic acids is 1. The van der Waals surface area contributed by atoms with Gasteiger partial charge in [-0.15, -0.1) is 5.10 Å². The van der Waals surface area contributed by atoms with Gasteiger partial charge in [-0.3, -0.25) is 5.32 Å². The van der Waals surface area contributed by atoms with Crippen LogP contribution < -0.4 is 15.4 Å². The van der Waals surface area contributed by atoms with Gasteiger partial charge in [-0.1, -0.05) is 4.49 Å². The van der Waals surface area contributed by atoms with E-state index in [2.05, 4.69) is 20.2 Å².